The van der Waals surface area contributed by atoms with Crippen molar-refractivity contribution in [1.29, 1.82) is 0 Å². The van der Waals surface area contributed by atoms with Gasteiger partial charge in [0.1, 0.15) is 4.88 Å². The van der Waals surface area contributed by atoms with Crippen molar-refractivity contribution in [2.45, 2.75) is 32.6 Å². The van der Waals surface area contributed by atoms with Gasteiger partial charge in [-0.05, 0) is 31.3 Å². The summed E-state index contributed by atoms with van der Waals surface area (Å²) in [5.74, 6) is -0.0883. The van der Waals surface area contributed by atoms with Gasteiger partial charge < -0.3 is 10.4 Å². The number of hydrogen-bond donors (Lipinski definition) is 2. The molecule has 0 radical (unpaired) electrons. The van der Waals surface area contributed by atoms with Gasteiger partial charge in [0, 0.05) is 13.2 Å². The van der Waals surface area contributed by atoms with E-state index in [-0.39, 0.29) is 12.5 Å². The summed E-state index contributed by atoms with van der Waals surface area (Å²) in [7, 11) is 0. The molecule has 1 rings (SSSR count). The number of rotatable bonds is 7. The van der Waals surface area contributed by atoms with Gasteiger partial charge in [0.15, 0.2) is 0 Å². The number of amides is 1. The van der Waals surface area contributed by atoms with Gasteiger partial charge in [-0.25, -0.2) is 0 Å². The van der Waals surface area contributed by atoms with Gasteiger partial charge in [0.25, 0.3) is 5.91 Å². The molecule has 0 bridgehead atoms. The predicted octanol–water partition coefficient (Wildman–Crippen LogP) is 1.13. The van der Waals surface area contributed by atoms with Crippen LogP contribution in [0, 0.1) is 6.92 Å². The van der Waals surface area contributed by atoms with Crippen LogP contribution in [0.15, 0.2) is 0 Å². The molecule has 0 atom stereocenters. The van der Waals surface area contributed by atoms with Crippen LogP contribution >= 0.6 is 11.5 Å². The van der Waals surface area contributed by atoms with Crippen LogP contribution in [-0.2, 0) is 0 Å². The SMILES string of the molecule is Cc1nnsc1C(=O)NCCCCCCO. The Balaban J connectivity index is 2.14. The lowest BCUT2D eigenvalue weighted by Crippen LogP contribution is -2.24. The summed E-state index contributed by atoms with van der Waals surface area (Å²) >= 11 is 1.12. The molecule has 90 valence electrons. The third-order valence-electron chi connectivity index (χ3n) is 2.23. The van der Waals surface area contributed by atoms with Crippen LogP contribution in [-0.4, -0.2) is 33.8 Å². The Bertz CT molecular complexity index is 328. The molecule has 1 aromatic rings. The Morgan fingerprint density at radius 3 is 2.75 bits per heavy atom. The molecule has 2 N–H and O–H groups in total. The Morgan fingerprint density at radius 2 is 2.12 bits per heavy atom. The number of aliphatic hydroxyl groups excluding tert-OH is 1. The van der Waals surface area contributed by atoms with Crippen molar-refractivity contribution in [3.8, 4) is 0 Å². The number of aliphatic hydroxyl groups is 1. The van der Waals surface area contributed by atoms with E-state index in [1.54, 1.807) is 6.92 Å². The first-order valence-electron chi connectivity index (χ1n) is 5.43. The molecule has 0 saturated heterocycles. The van der Waals surface area contributed by atoms with Crippen LogP contribution in [0.5, 0.6) is 0 Å². The zero-order valence-corrected chi connectivity index (χ0v) is 10.2. The maximum absolute atomic E-state index is 11.6. The lowest BCUT2D eigenvalue weighted by atomic mass is 10.2. The lowest BCUT2D eigenvalue weighted by Gasteiger charge is -2.03. The largest absolute Gasteiger partial charge is 0.396 e. The number of carbonyl (C=O) groups is 1. The van der Waals surface area contributed by atoms with Gasteiger partial charge in [-0.1, -0.05) is 17.3 Å². The molecular formula is C10H17N3O2S. The van der Waals surface area contributed by atoms with Gasteiger partial charge >= 0.3 is 0 Å². The maximum Gasteiger partial charge on any atom is 0.264 e. The molecule has 1 amide bonds. The van der Waals surface area contributed by atoms with E-state index in [1.165, 1.54) is 0 Å². The second kappa shape index (κ2) is 7.29. The zero-order valence-electron chi connectivity index (χ0n) is 9.40. The minimum absolute atomic E-state index is 0.0883. The van der Waals surface area contributed by atoms with Crippen LogP contribution < -0.4 is 5.32 Å². The molecule has 0 aliphatic carbocycles. The van der Waals surface area contributed by atoms with Gasteiger partial charge in [-0.15, -0.1) is 5.10 Å². The van der Waals surface area contributed by atoms with E-state index in [4.69, 9.17) is 5.11 Å². The van der Waals surface area contributed by atoms with E-state index in [0.29, 0.717) is 17.1 Å². The van der Waals surface area contributed by atoms with Gasteiger partial charge in [-0.3, -0.25) is 4.79 Å². The third-order valence-corrected chi connectivity index (χ3v) is 3.05. The van der Waals surface area contributed by atoms with E-state index >= 15 is 0 Å². The fourth-order valence-electron chi connectivity index (χ4n) is 1.31. The zero-order chi connectivity index (χ0) is 11.8. The highest BCUT2D eigenvalue weighted by molar-refractivity contribution is 7.07. The number of nitrogens with one attached hydrogen (secondary N) is 1. The molecule has 1 heterocycles. The van der Waals surface area contributed by atoms with Gasteiger partial charge in [-0.2, -0.15) is 0 Å². The van der Waals surface area contributed by atoms with Crippen molar-refractivity contribution in [1.82, 2.24) is 14.9 Å². The number of aryl methyl sites for hydroxylation is 1. The smallest absolute Gasteiger partial charge is 0.264 e. The van der Waals surface area contributed by atoms with Crippen molar-refractivity contribution in [2.75, 3.05) is 13.2 Å². The molecule has 0 saturated carbocycles. The second-order valence-electron chi connectivity index (χ2n) is 3.58. The average Bonchev–Trinajstić information content (AvgIpc) is 2.69. The van der Waals surface area contributed by atoms with E-state index in [1.807, 2.05) is 0 Å². The Kier molecular flexibility index (Phi) is 5.95. The third kappa shape index (κ3) is 4.24. The number of unbranched alkanes of at least 4 members (excludes halogenated alkanes) is 3. The molecule has 1 aromatic heterocycles. The first kappa shape index (κ1) is 13.1. The van der Waals surface area contributed by atoms with Crippen LogP contribution in [0.25, 0.3) is 0 Å². The van der Waals surface area contributed by atoms with Crippen molar-refractivity contribution in [2.24, 2.45) is 0 Å². The summed E-state index contributed by atoms with van der Waals surface area (Å²) in [6, 6.07) is 0. The predicted molar refractivity (Wildman–Crippen MR) is 62.5 cm³/mol. The van der Waals surface area contributed by atoms with Crippen molar-refractivity contribution < 1.29 is 9.90 Å². The maximum atomic E-state index is 11.6. The molecular weight excluding hydrogens is 226 g/mol. The van der Waals surface area contributed by atoms with E-state index < -0.39 is 0 Å². The molecule has 0 aromatic carbocycles. The minimum Gasteiger partial charge on any atom is -0.396 e. The summed E-state index contributed by atoms with van der Waals surface area (Å²) in [6.45, 7) is 2.69. The van der Waals surface area contributed by atoms with E-state index in [0.717, 1.165) is 37.2 Å². The summed E-state index contributed by atoms with van der Waals surface area (Å²) in [4.78, 5) is 12.2. The fourth-order valence-corrected chi connectivity index (χ4v) is 1.89. The molecule has 6 heteroatoms. The van der Waals surface area contributed by atoms with Crippen molar-refractivity contribution in [3.05, 3.63) is 10.6 Å². The molecule has 5 nitrogen and oxygen atoms in total. The normalized spacial score (nSPS) is 10.4. The van der Waals surface area contributed by atoms with Crippen molar-refractivity contribution in [3.63, 3.8) is 0 Å². The number of hydrogen-bond acceptors (Lipinski definition) is 5. The lowest BCUT2D eigenvalue weighted by molar-refractivity contribution is 0.0956. The van der Waals surface area contributed by atoms with Crippen molar-refractivity contribution >= 4 is 17.4 Å². The van der Waals surface area contributed by atoms with Crippen LogP contribution in [0.3, 0.4) is 0 Å². The average molecular weight is 243 g/mol. The van der Waals surface area contributed by atoms with E-state index in [9.17, 15) is 4.79 Å². The Morgan fingerprint density at radius 1 is 1.38 bits per heavy atom. The summed E-state index contributed by atoms with van der Waals surface area (Å²) < 4.78 is 3.71. The van der Waals surface area contributed by atoms with Crippen LogP contribution in [0.1, 0.15) is 41.0 Å². The molecule has 0 aliphatic heterocycles. The molecule has 0 fully saturated rings. The summed E-state index contributed by atoms with van der Waals surface area (Å²) in [5, 5.41) is 15.2. The highest BCUT2D eigenvalue weighted by Gasteiger charge is 2.11. The highest BCUT2D eigenvalue weighted by Crippen LogP contribution is 2.08. The molecule has 0 unspecified atom stereocenters. The molecule has 0 spiro atoms. The monoisotopic (exact) mass is 243 g/mol. The number of carbonyl (C=O) groups excluding carboxylic acids is 1. The second-order valence-corrected chi connectivity index (χ2v) is 4.34. The first-order valence-corrected chi connectivity index (χ1v) is 6.21. The Hall–Kier alpha value is -1.01. The van der Waals surface area contributed by atoms with Crippen LogP contribution in [0.4, 0.5) is 0 Å². The number of aromatic nitrogens is 2. The minimum atomic E-state index is -0.0883. The molecule has 0 aliphatic rings. The quantitative estimate of drug-likeness (QED) is 0.704. The summed E-state index contributed by atoms with van der Waals surface area (Å²) in [6.07, 6.45) is 3.82. The van der Waals surface area contributed by atoms with Gasteiger partial charge in [0.05, 0.1) is 5.69 Å². The van der Waals surface area contributed by atoms with Crippen LogP contribution in [0.2, 0.25) is 0 Å². The number of nitrogens with zero attached hydrogens (tertiary/aromatic N) is 2. The Labute approximate surface area is 99.0 Å². The highest BCUT2D eigenvalue weighted by atomic mass is 32.1. The summed E-state index contributed by atoms with van der Waals surface area (Å²) in [5.41, 5.74) is 0.683. The topological polar surface area (TPSA) is 75.1 Å². The molecule has 16 heavy (non-hydrogen) atoms. The fraction of sp³-hybridized carbons (Fsp3) is 0.700. The van der Waals surface area contributed by atoms with Gasteiger partial charge in [0.2, 0.25) is 0 Å². The van der Waals surface area contributed by atoms with E-state index in [2.05, 4.69) is 14.9 Å². The standard InChI is InChI=1S/C10H17N3O2S/c1-8-9(16-13-12-8)10(15)11-6-4-2-3-5-7-14/h14H,2-7H2,1H3,(H,11,15). The first-order chi connectivity index (χ1) is 7.75.